The van der Waals surface area contributed by atoms with E-state index in [9.17, 15) is 4.79 Å². The second kappa shape index (κ2) is 4.73. The van der Waals surface area contributed by atoms with E-state index < -0.39 is 0 Å². The Morgan fingerprint density at radius 1 is 1.33 bits per heavy atom. The largest absolute Gasteiger partial charge is 0.339 e. The third-order valence-electron chi connectivity index (χ3n) is 4.14. The third-order valence-corrected chi connectivity index (χ3v) is 4.14. The standard InChI is InChI=1S/C15H22N2O/c1-15(2,10-16)17(3)14(18)13-8-11-6-4-5-7-12(11)9-13/h4-7,13H,8-10,16H2,1-3H3. The van der Waals surface area contributed by atoms with Crippen molar-refractivity contribution in [1.82, 2.24) is 4.90 Å². The van der Waals surface area contributed by atoms with Crippen molar-refractivity contribution in [2.45, 2.75) is 32.2 Å². The topological polar surface area (TPSA) is 46.3 Å². The normalized spacial score (nSPS) is 15.6. The summed E-state index contributed by atoms with van der Waals surface area (Å²) in [6.07, 6.45) is 1.72. The Hall–Kier alpha value is -1.35. The first-order chi connectivity index (χ1) is 8.45. The highest BCUT2D eigenvalue weighted by atomic mass is 16.2. The molecule has 1 aliphatic carbocycles. The average Bonchev–Trinajstić information content (AvgIpc) is 2.80. The Morgan fingerprint density at radius 3 is 2.28 bits per heavy atom. The summed E-state index contributed by atoms with van der Waals surface area (Å²) in [7, 11) is 1.86. The minimum Gasteiger partial charge on any atom is -0.339 e. The zero-order chi connectivity index (χ0) is 13.3. The van der Waals surface area contributed by atoms with E-state index in [4.69, 9.17) is 5.73 Å². The second-order valence-electron chi connectivity index (χ2n) is 5.79. The first-order valence-corrected chi connectivity index (χ1v) is 6.50. The van der Waals surface area contributed by atoms with E-state index in [-0.39, 0.29) is 17.4 Å². The van der Waals surface area contributed by atoms with Gasteiger partial charge >= 0.3 is 0 Å². The van der Waals surface area contributed by atoms with Crippen LogP contribution < -0.4 is 5.73 Å². The lowest BCUT2D eigenvalue weighted by molar-refractivity contribution is -0.138. The third kappa shape index (κ3) is 2.27. The minimum atomic E-state index is -0.272. The van der Waals surface area contributed by atoms with Gasteiger partial charge in [0, 0.05) is 25.0 Å². The van der Waals surface area contributed by atoms with E-state index in [0.29, 0.717) is 6.54 Å². The fourth-order valence-electron chi connectivity index (χ4n) is 2.44. The van der Waals surface area contributed by atoms with Gasteiger partial charge in [-0.15, -0.1) is 0 Å². The van der Waals surface area contributed by atoms with Crippen molar-refractivity contribution in [2.24, 2.45) is 11.7 Å². The van der Waals surface area contributed by atoms with Crippen molar-refractivity contribution in [2.75, 3.05) is 13.6 Å². The summed E-state index contributed by atoms with van der Waals surface area (Å²) in [4.78, 5) is 14.3. The molecule has 0 radical (unpaired) electrons. The Kier molecular flexibility index (Phi) is 3.44. The fourth-order valence-corrected chi connectivity index (χ4v) is 2.44. The quantitative estimate of drug-likeness (QED) is 0.880. The van der Waals surface area contributed by atoms with Gasteiger partial charge in [-0.1, -0.05) is 24.3 Å². The Morgan fingerprint density at radius 2 is 1.83 bits per heavy atom. The summed E-state index contributed by atoms with van der Waals surface area (Å²) >= 11 is 0. The zero-order valence-corrected chi connectivity index (χ0v) is 11.4. The first-order valence-electron chi connectivity index (χ1n) is 6.50. The highest BCUT2D eigenvalue weighted by Crippen LogP contribution is 2.29. The molecule has 0 spiro atoms. The number of hydrogen-bond donors (Lipinski definition) is 1. The number of rotatable bonds is 3. The van der Waals surface area contributed by atoms with Crippen LogP contribution in [0, 0.1) is 5.92 Å². The lowest BCUT2D eigenvalue weighted by Crippen LogP contribution is -2.52. The predicted octanol–water partition coefficient (Wildman–Crippen LogP) is 1.60. The average molecular weight is 246 g/mol. The Balaban J connectivity index is 2.10. The summed E-state index contributed by atoms with van der Waals surface area (Å²) in [5.41, 5.74) is 8.09. The molecule has 0 fully saturated rings. The molecule has 1 aliphatic rings. The van der Waals surface area contributed by atoms with Gasteiger partial charge in [0.15, 0.2) is 0 Å². The maximum Gasteiger partial charge on any atom is 0.226 e. The molecule has 0 saturated heterocycles. The van der Waals surface area contributed by atoms with E-state index in [1.807, 2.05) is 37.9 Å². The summed E-state index contributed by atoms with van der Waals surface area (Å²) in [6.45, 7) is 4.49. The van der Waals surface area contributed by atoms with Crippen molar-refractivity contribution in [3.8, 4) is 0 Å². The molecule has 0 aromatic heterocycles. The molecule has 18 heavy (non-hydrogen) atoms. The number of nitrogens with two attached hydrogens (primary N) is 1. The highest BCUT2D eigenvalue weighted by molar-refractivity contribution is 5.81. The molecular formula is C15H22N2O. The van der Waals surface area contributed by atoms with E-state index in [2.05, 4.69) is 12.1 Å². The maximum absolute atomic E-state index is 12.5. The van der Waals surface area contributed by atoms with Crippen LogP contribution in [0.3, 0.4) is 0 Å². The van der Waals surface area contributed by atoms with Gasteiger partial charge in [0.2, 0.25) is 5.91 Å². The van der Waals surface area contributed by atoms with Gasteiger partial charge in [0.25, 0.3) is 0 Å². The lowest BCUT2D eigenvalue weighted by Gasteiger charge is -2.36. The van der Waals surface area contributed by atoms with E-state index in [1.54, 1.807) is 0 Å². The van der Waals surface area contributed by atoms with Crippen molar-refractivity contribution in [3.05, 3.63) is 35.4 Å². The van der Waals surface area contributed by atoms with Crippen molar-refractivity contribution in [1.29, 1.82) is 0 Å². The molecule has 98 valence electrons. The van der Waals surface area contributed by atoms with Crippen LogP contribution >= 0.6 is 0 Å². The summed E-state index contributed by atoms with van der Waals surface area (Å²) in [6, 6.07) is 8.33. The number of carbonyl (C=O) groups excluding carboxylic acids is 1. The Labute approximate surface area is 109 Å². The molecule has 0 unspecified atom stereocenters. The molecule has 0 bridgehead atoms. The summed E-state index contributed by atoms with van der Waals surface area (Å²) < 4.78 is 0. The van der Waals surface area contributed by atoms with Gasteiger partial charge < -0.3 is 10.6 Å². The zero-order valence-electron chi connectivity index (χ0n) is 11.4. The SMILES string of the molecule is CN(C(=O)C1Cc2ccccc2C1)C(C)(C)CN. The molecule has 2 rings (SSSR count). The number of fused-ring (bicyclic) bond motifs is 1. The van der Waals surface area contributed by atoms with Crippen LogP contribution in [0.5, 0.6) is 0 Å². The minimum absolute atomic E-state index is 0.0817. The monoisotopic (exact) mass is 246 g/mol. The van der Waals surface area contributed by atoms with Crippen LogP contribution in [0.1, 0.15) is 25.0 Å². The number of nitrogens with zero attached hydrogens (tertiary/aromatic N) is 1. The molecular weight excluding hydrogens is 224 g/mol. The second-order valence-corrected chi connectivity index (χ2v) is 5.79. The van der Waals surface area contributed by atoms with Crippen molar-refractivity contribution < 1.29 is 4.79 Å². The van der Waals surface area contributed by atoms with Gasteiger partial charge in [-0.2, -0.15) is 0 Å². The summed E-state index contributed by atoms with van der Waals surface area (Å²) in [5, 5.41) is 0. The van der Waals surface area contributed by atoms with Gasteiger partial charge in [-0.3, -0.25) is 4.79 Å². The molecule has 3 nitrogen and oxygen atoms in total. The molecule has 0 atom stereocenters. The molecule has 0 heterocycles. The molecule has 1 aromatic carbocycles. The number of likely N-dealkylation sites (N-methyl/N-ethyl adjacent to an activating group) is 1. The smallest absolute Gasteiger partial charge is 0.226 e. The highest BCUT2D eigenvalue weighted by Gasteiger charge is 2.34. The van der Waals surface area contributed by atoms with Gasteiger partial charge in [-0.25, -0.2) is 0 Å². The van der Waals surface area contributed by atoms with E-state index >= 15 is 0 Å². The van der Waals surface area contributed by atoms with Crippen LogP contribution in [0.15, 0.2) is 24.3 Å². The first kappa shape index (κ1) is 13.1. The van der Waals surface area contributed by atoms with Crippen LogP contribution in [0.2, 0.25) is 0 Å². The van der Waals surface area contributed by atoms with Crippen molar-refractivity contribution >= 4 is 5.91 Å². The Bertz CT molecular complexity index is 429. The molecule has 0 aliphatic heterocycles. The van der Waals surface area contributed by atoms with Gasteiger partial charge in [0.1, 0.15) is 0 Å². The summed E-state index contributed by atoms with van der Waals surface area (Å²) in [5.74, 6) is 0.292. The van der Waals surface area contributed by atoms with Crippen LogP contribution in [-0.2, 0) is 17.6 Å². The number of amides is 1. The number of benzene rings is 1. The van der Waals surface area contributed by atoms with Gasteiger partial charge in [-0.05, 0) is 37.8 Å². The number of carbonyl (C=O) groups is 1. The van der Waals surface area contributed by atoms with E-state index in [0.717, 1.165) is 12.8 Å². The van der Waals surface area contributed by atoms with Crippen molar-refractivity contribution in [3.63, 3.8) is 0 Å². The number of hydrogen-bond acceptors (Lipinski definition) is 2. The fraction of sp³-hybridized carbons (Fsp3) is 0.533. The van der Waals surface area contributed by atoms with Crippen LogP contribution in [-0.4, -0.2) is 29.9 Å². The van der Waals surface area contributed by atoms with E-state index in [1.165, 1.54) is 11.1 Å². The molecule has 0 saturated carbocycles. The predicted molar refractivity (Wildman–Crippen MR) is 73.2 cm³/mol. The lowest BCUT2D eigenvalue weighted by atomic mass is 9.98. The van der Waals surface area contributed by atoms with Gasteiger partial charge in [0.05, 0.1) is 0 Å². The molecule has 1 amide bonds. The van der Waals surface area contributed by atoms with Crippen LogP contribution in [0.4, 0.5) is 0 Å². The molecule has 3 heteroatoms. The molecule has 1 aromatic rings. The van der Waals surface area contributed by atoms with Crippen LogP contribution in [0.25, 0.3) is 0 Å². The maximum atomic E-state index is 12.5. The molecule has 2 N–H and O–H groups in total.